The summed E-state index contributed by atoms with van der Waals surface area (Å²) >= 11 is 0. The SMILES string of the molecule is O=C1c2ccccc2C(=O)N1CC(O)CC1(O)C(=O)N(C2CCN(C3Cc4cccc5cccc3c45)CC2)c2ccccc21. The standard InChI is InChI=1S/C36H33N3O5/c40-25(21-38-33(41)26-10-1-2-11-27(26)34(38)42)20-36(44)29-13-3-4-14-30(29)39(35(36)43)24-15-17-37(18-16-24)31-19-23-9-5-7-22-8-6-12-28(31)32(22)23/h1-14,24-25,31,40,44H,15-21H2. The number of aliphatic hydroxyl groups excluding tert-OH is 1. The zero-order valence-electron chi connectivity index (χ0n) is 24.2. The number of β-amino-alcohol motifs (C(OH)–C–C–N with tert-alkyl or cyclic N) is 1. The molecule has 0 radical (unpaired) electrons. The average Bonchev–Trinajstić information content (AvgIpc) is 3.61. The molecule has 0 saturated carbocycles. The van der Waals surface area contributed by atoms with E-state index in [0.717, 1.165) is 37.3 Å². The van der Waals surface area contributed by atoms with E-state index in [1.165, 1.54) is 21.9 Å². The zero-order valence-corrected chi connectivity index (χ0v) is 24.2. The highest BCUT2D eigenvalue weighted by atomic mass is 16.3. The molecule has 4 aromatic rings. The van der Waals surface area contributed by atoms with Crippen LogP contribution in [0.1, 0.15) is 62.7 Å². The third-order valence-electron chi connectivity index (χ3n) is 10.1. The molecule has 4 aliphatic rings. The number of imide groups is 1. The molecule has 44 heavy (non-hydrogen) atoms. The van der Waals surface area contributed by atoms with E-state index in [1.807, 2.05) is 12.1 Å². The number of likely N-dealkylation sites (tertiary alicyclic amines) is 1. The van der Waals surface area contributed by atoms with Crippen molar-refractivity contribution in [3.8, 4) is 0 Å². The van der Waals surface area contributed by atoms with E-state index in [-0.39, 0.29) is 19.0 Å². The van der Waals surface area contributed by atoms with Crippen LogP contribution in [0, 0.1) is 0 Å². The van der Waals surface area contributed by atoms with Crippen molar-refractivity contribution in [2.45, 2.75) is 49.5 Å². The van der Waals surface area contributed by atoms with Crippen molar-refractivity contribution in [1.82, 2.24) is 9.80 Å². The number of hydrogen-bond donors (Lipinski definition) is 2. The molecule has 8 rings (SSSR count). The molecule has 222 valence electrons. The molecule has 2 N–H and O–H groups in total. The topological polar surface area (TPSA) is 101 Å². The number of benzene rings is 4. The van der Waals surface area contributed by atoms with Crippen molar-refractivity contribution < 1.29 is 24.6 Å². The third-order valence-corrected chi connectivity index (χ3v) is 10.1. The summed E-state index contributed by atoms with van der Waals surface area (Å²) in [6.45, 7) is 1.35. The maximum Gasteiger partial charge on any atom is 0.264 e. The van der Waals surface area contributed by atoms with Gasteiger partial charge in [-0.25, -0.2) is 0 Å². The van der Waals surface area contributed by atoms with Crippen molar-refractivity contribution in [2.24, 2.45) is 0 Å². The minimum atomic E-state index is -1.96. The number of hydrogen-bond acceptors (Lipinski definition) is 6. The zero-order chi connectivity index (χ0) is 30.2. The van der Waals surface area contributed by atoms with Crippen molar-refractivity contribution in [3.05, 3.63) is 113 Å². The molecule has 3 unspecified atom stereocenters. The van der Waals surface area contributed by atoms with Gasteiger partial charge in [0, 0.05) is 37.2 Å². The largest absolute Gasteiger partial charge is 0.391 e. The maximum absolute atomic E-state index is 14.1. The number of aliphatic hydroxyl groups is 2. The molecule has 1 saturated heterocycles. The molecule has 3 heterocycles. The third kappa shape index (κ3) is 3.98. The van der Waals surface area contributed by atoms with Gasteiger partial charge in [0.2, 0.25) is 0 Å². The Bertz CT molecular complexity index is 1810. The minimum absolute atomic E-state index is 0.0955. The summed E-state index contributed by atoms with van der Waals surface area (Å²) in [5, 5.41) is 25.7. The highest BCUT2D eigenvalue weighted by Gasteiger charge is 2.53. The summed E-state index contributed by atoms with van der Waals surface area (Å²) in [5.41, 5.74) is 2.49. The molecule has 3 amide bonds. The van der Waals surface area contributed by atoms with E-state index >= 15 is 0 Å². The van der Waals surface area contributed by atoms with Gasteiger partial charge >= 0.3 is 0 Å². The first-order chi connectivity index (χ1) is 21.3. The number of piperidine rings is 1. The van der Waals surface area contributed by atoms with Gasteiger partial charge in [-0.3, -0.25) is 24.2 Å². The fourth-order valence-electron chi connectivity index (χ4n) is 8.04. The highest BCUT2D eigenvalue weighted by Crippen LogP contribution is 2.46. The number of anilines is 1. The first-order valence-corrected chi connectivity index (χ1v) is 15.4. The van der Waals surface area contributed by atoms with Crippen molar-refractivity contribution in [2.75, 3.05) is 24.5 Å². The van der Waals surface area contributed by atoms with Crippen LogP contribution in [-0.2, 0) is 16.8 Å². The van der Waals surface area contributed by atoms with Gasteiger partial charge in [-0.05, 0) is 59.4 Å². The van der Waals surface area contributed by atoms with Gasteiger partial charge in [0.1, 0.15) is 0 Å². The van der Waals surface area contributed by atoms with E-state index in [9.17, 15) is 24.6 Å². The first kappa shape index (κ1) is 27.2. The van der Waals surface area contributed by atoms with Crippen LogP contribution >= 0.6 is 0 Å². The Hall–Kier alpha value is -4.37. The van der Waals surface area contributed by atoms with E-state index in [1.54, 1.807) is 41.3 Å². The maximum atomic E-state index is 14.1. The lowest BCUT2D eigenvalue weighted by molar-refractivity contribution is -0.140. The molecular weight excluding hydrogens is 554 g/mol. The second-order valence-corrected chi connectivity index (χ2v) is 12.5. The van der Waals surface area contributed by atoms with E-state index < -0.39 is 29.4 Å². The van der Waals surface area contributed by atoms with E-state index in [4.69, 9.17) is 0 Å². The normalized spacial score (nSPS) is 24.0. The molecule has 1 fully saturated rings. The van der Waals surface area contributed by atoms with Gasteiger partial charge in [-0.1, -0.05) is 66.7 Å². The Morgan fingerprint density at radius 3 is 2.20 bits per heavy atom. The van der Waals surface area contributed by atoms with Crippen molar-refractivity contribution in [3.63, 3.8) is 0 Å². The summed E-state index contributed by atoms with van der Waals surface area (Å²) < 4.78 is 0. The Kier molecular flexibility index (Phi) is 6.24. The van der Waals surface area contributed by atoms with Gasteiger partial charge in [0.25, 0.3) is 17.7 Å². The van der Waals surface area contributed by atoms with Crippen LogP contribution in [-0.4, -0.2) is 69.5 Å². The summed E-state index contributed by atoms with van der Waals surface area (Å²) in [6.07, 6.45) is 0.883. The lowest BCUT2D eigenvalue weighted by Gasteiger charge is -2.40. The number of rotatable bonds is 6. The van der Waals surface area contributed by atoms with Crippen LogP contribution < -0.4 is 4.90 Å². The van der Waals surface area contributed by atoms with Crippen LogP contribution in [0.4, 0.5) is 5.69 Å². The van der Waals surface area contributed by atoms with Crippen LogP contribution in [0.3, 0.4) is 0 Å². The smallest absolute Gasteiger partial charge is 0.264 e. The molecule has 0 bridgehead atoms. The van der Waals surface area contributed by atoms with Gasteiger partial charge < -0.3 is 15.1 Å². The molecule has 8 heteroatoms. The summed E-state index contributed by atoms with van der Waals surface area (Å²) in [4.78, 5) is 45.1. The van der Waals surface area contributed by atoms with Crippen LogP contribution in [0.5, 0.6) is 0 Å². The Morgan fingerprint density at radius 1 is 0.818 bits per heavy atom. The molecular formula is C36H33N3O5. The number of carbonyl (C=O) groups is 3. The highest BCUT2D eigenvalue weighted by molar-refractivity contribution is 6.21. The van der Waals surface area contributed by atoms with E-state index in [0.29, 0.717) is 28.4 Å². The monoisotopic (exact) mass is 587 g/mol. The molecule has 1 aliphatic carbocycles. The quantitative estimate of drug-likeness (QED) is 0.328. The lowest BCUT2D eigenvalue weighted by Crippen LogP contribution is -2.51. The molecule has 3 aliphatic heterocycles. The van der Waals surface area contributed by atoms with Crippen LogP contribution in [0.15, 0.2) is 84.9 Å². The molecule has 3 atom stereocenters. The minimum Gasteiger partial charge on any atom is -0.391 e. The van der Waals surface area contributed by atoms with Gasteiger partial charge in [0.15, 0.2) is 5.60 Å². The average molecular weight is 588 g/mol. The Morgan fingerprint density at radius 2 is 1.48 bits per heavy atom. The van der Waals surface area contributed by atoms with Crippen molar-refractivity contribution in [1.29, 1.82) is 0 Å². The Labute approximate surface area is 255 Å². The fourth-order valence-corrected chi connectivity index (χ4v) is 8.04. The molecule has 4 aromatic carbocycles. The van der Waals surface area contributed by atoms with E-state index in [2.05, 4.69) is 41.3 Å². The second kappa shape index (κ2) is 10.1. The summed E-state index contributed by atoms with van der Waals surface area (Å²) in [6, 6.07) is 27.0. The fraction of sp³-hybridized carbons (Fsp3) is 0.306. The molecule has 8 nitrogen and oxygen atoms in total. The predicted octanol–water partition coefficient (Wildman–Crippen LogP) is 4.18. The Balaban J connectivity index is 0.988. The van der Waals surface area contributed by atoms with Crippen LogP contribution in [0.25, 0.3) is 10.8 Å². The number of carbonyl (C=O) groups excluding carboxylic acids is 3. The number of amides is 3. The van der Waals surface area contributed by atoms with Gasteiger partial charge in [-0.2, -0.15) is 0 Å². The van der Waals surface area contributed by atoms with Crippen molar-refractivity contribution >= 4 is 34.2 Å². The number of fused-ring (bicyclic) bond motifs is 2. The number of nitrogens with zero attached hydrogens (tertiary/aromatic N) is 3. The van der Waals surface area contributed by atoms with Gasteiger partial charge in [0.05, 0.1) is 29.5 Å². The summed E-state index contributed by atoms with van der Waals surface area (Å²) in [5.74, 6) is -1.42. The van der Waals surface area contributed by atoms with Crippen LogP contribution in [0.2, 0.25) is 0 Å². The predicted molar refractivity (Wildman–Crippen MR) is 165 cm³/mol. The lowest BCUT2D eigenvalue weighted by atomic mass is 9.89. The first-order valence-electron chi connectivity index (χ1n) is 15.4. The number of para-hydroxylation sites is 1. The second-order valence-electron chi connectivity index (χ2n) is 12.5. The summed E-state index contributed by atoms with van der Waals surface area (Å²) in [7, 11) is 0. The molecule has 0 aromatic heterocycles. The van der Waals surface area contributed by atoms with Gasteiger partial charge in [-0.15, -0.1) is 0 Å². The molecule has 0 spiro atoms.